The predicted molar refractivity (Wildman–Crippen MR) is 128 cm³/mol. The third kappa shape index (κ3) is 4.51. The zero-order valence-corrected chi connectivity index (χ0v) is 18.7. The summed E-state index contributed by atoms with van der Waals surface area (Å²) in [7, 11) is 0. The number of carbonyl (C=O) groups excluding carboxylic acids is 2. The highest BCUT2D eigenvalue weighted by Crippen LogP contribution is 2.34. The second kappa shape index (κ2) is 9.41. The lowest BCUT2D eigenvalue weighted by Gasteiger charge is -2.33. The van der Waals surface area contributed by atoms with Gasteiger partial charge in [0.05, 0.1) is 12.2 Å². The van der Waals surface area contributed by atoms with Gasteiger partial charge >= 0.3 is 0 Å². The van der Waals surface area contributed by atoms with Crippen LogP contribution in [0.1, 0.15) is 16.1 Å². The summed E-state index contributed by atoms with van der Waals surface area (Å²) in [4.78, 5) is 27.8. The zero-order valence-electron chi connectivity index (χ0n) is 18.0. The maximum absolute atomic E-state index is 13.4. The monoisotopic (exact) mass is 473 g/mol. The van der Waals surface area contributed by atoms with E-state index in [9.17, 15) is 9.59 Å². The standard InChI is InChI=1S/C26H20ClN3O4/c27-19-12-10-18(11-13-19)23-14-20(29-34-23)26(32)30-16-24(33-22-9-5-4-8-21(22)30)25(31)28-15-17-6-2-1-3-7-17/h1-14,24H,15-16H2,(H,28,31). The molecule has 0 saturated carbocycles. The van der Waals surface area contributed by atoms with Gasteiger partial charge in [0.1, 0.15) is 5.75 Å². The van der Waals surface area contributed by atoms with Crippen LogP contribution in [0.3, 0.4) is 0 Å². The van der Waals surface area contributed by atoms with E-state index in [-0.39, 0.29) is 24.1 Å². The van der Waals surface area contributed by atoms with E-state index in [1.54, 1.807) is 54.6 Å². The molecule has 4 aromatic rings. The molecule has 0 spiro atoms. The number of rotatable bonds is 5. The van der Waals surface area contributed by atoms with Gasteiger partial charge in [-0.2, -0.15) is 0 Å². The first-order valence-corrected chi connectivity index (χ1v) is 11.1. The molecule has 3 aromatic carbocycles. The molecule has 1 aliphatic heterocycles. The van der Waals surface area contributed by atoms with Crippen LogP contribution in [0, 0.1) is 0 Å². The van der Waals surface area contributed by atoms with Gasteiger partial charge in [-0.1, -0.05) is 59.2 Å². The minimum absolute atomic E-state index is 0.0413. The van der Waals surface area contributed by atoms with Gasteiger partial charge in [0.25, 0.3) is 11.8 Å². The highest BCUT2D eigenvalue weighted by atomic mass is 35.5. The predicted octanol–water partition coefficient (Wildman–Crippen LogP) is 4.72. The van der Waals surface area contributed by atoms with Crippen LogP contribution < -0.4 is 15.0 Å². The second-order valence-electron chi connectivity index (χ2n) is 7.78. The molecule has 2 heterocycles. The van der Waals surface area contributed by atoms with E-state index in [0.29, 0.717) is 28.8 Å². The maximum Gasteiger partial charge on any atom is 0.280 e. The Morgan fingerprint density at radius 1 is 1.00 bits per heavy atom. The third-order valence-electron chi connectivity index (χ3n) is 5.48. The Morgan fingerprint density at radius 2 is 1.74 bits per heavy atom. The second-order valence-corrected chi connectivity index (χ2v) is 8.21. The SMILES string of the molecule is O=C(NCc1ccccc1)C1CN(C(=O)c2cc(-c3ccc(Cl)cc3)on2)c2ccccc2O1. The first-order valence-electron chi connectivity index (χ1n) is 10.7. The van der Waals surface area contributed by atoms with Gasteiger partial charge in [0, 0.05) is 23.2 Å². The van der Waals surface area contributed by atoms with Crippen molar-refractivity contribution in [3.8, 4) is 17.1 Å². The average Bonchev–Trinajstić information content (AvgIpc) is 3.37. The summed E-state index contributed by atoms with van der Waals surface area (Å²) in [6, 6.07) is 25.3. The van der Waals surface area contributed by atoms with Crippen molar-refractivity contribution in [3.05, 3.63) is 101 Å². The molecule has 1 aromatic heterocycles. The average molecular weight is 474 g/mol. The summed E-state index contributed by atoms with van der Waals surface area (Å²) in [5.41, 5.74) is 2.41. The Bertz CT molecular complexity index is 1320. The van der Waals surface area contributed by atoms with Crippen LogP contribution in [0.2, 0.25) is 5.02 Å². The van der Waals surface area contributed by atoms with Crippen LogP contribution in [0.15, 0.2) is 89.5 Å². The Kier molecular flexibility index (Phi) is 6.01. The molecule has 8 heteroatoms. The van der Waals surface area contributed by atoms with Crippen LogP contribution in [0.5, 0.6) is 5.75 Å². The van der Waals surface area contributed by atoms with Gasteiger partial charge in [-0.05, 0) is 42.0 Å². The van der Waals surface area contributed by atoms with Crippen molar-refractivity contribution < 1.29 is 18.8 Å². The lowest BCUT2D eigenvalue weighted by atomic mass is 10.1. The number of para-hydroxylation sites is 2. The maximum atomic E-state index is 13.4. The molecule has 0 saturated heterocycles. The van der Waals surface area contributed by atoms with Crippen molar-refractivity contribution in [2.45, 2.75) is 12.6 Å². The van der Waals surface area contributed by atoms with E-state index in [1.165, 1.54) is 4.90 Å². The molecule has 1 aliphatic rings. The summed E-state index contributed by atoms with van der Waals surface area (Å²) in [6.07, 6.45) is -0.870. The number of amides is 2. The summed E-state index contributed by atoms with van der Waals surface area (Å²) < 4.78 is 11.3. The lowest BCUT2D eigenvalue weighted by molar-refractivity contribution is -0.127. The molecule has 170 valence electrons. The Morgan fingerprint density at radius 3 is 2.53 bits per heavy atom. The zero-order chi connectivity index (χ0) is 23.5. The van der Waals surface area contributed by atoms with Crippen molar-refractivity contribution >= 4 is 29.1 Å². The number of benzene rings is 3. The lowest BCUT2D eigenvalue weighted by Crippen LogP contribution is -2.50. The fraction of sp³-hybridized carbons (Fsp3) is 0.115. The topological polar surface area (TPSA) is 84.7 Å². The normalized spacial score (nSPS) is 14.7. The molecule has 34 heavy (non-hydrogen) atoms. The fourth-order valence-corrected chi connectivity index (χ4v) is 3.85. The highest BCUT2D eigenvalue weighted by molar-refractivity contribution is 6.30. The number of carbonyl (C=O) groups is 2. The largest absolute Gasteiger partial charge is 0.477 e. The molecule has 0 fully saturated rings. The summed E-state index contributed by atoms with van der Waals surface area (Å²) in [6.45, 7) is 0.405. The number of hydrogen-bond acceptors (Lipinski definition) is 5. The minimum atomic E-state index is -0.870. The number of ether oxygens (including phenoxy) is 1. The number of hydrogen-bond donors (Lipinski definition) is 1. The van der Waals surface area contributed by atoms with Crippen molar-refractivity contribution in [2.75, 3.05) is 11.4 Å². The molecule has 1 unspecified atom stereocenters. The van der Waals surface area contributed by atoms with Gasteiger partial charge in [-0.3, -0.25) is 14.5 Å². The molecule has 0 radical (unpaired) electrons. The first kappa shape index (κ1) is 21.7. The summed E-state index contributed by atoms with van der Waals surface area (Å²) in [5.74, 6) is 0.195. The van der Waals surface area contributed by atoms with Crippen molar-refractivity contribution in [3.63, 3.8) is 0 Å². The van der Waals surface area contributed by atoms with Crippen LogP contribution >= 0.6 is 11.6 Å². The van der Waals surface area contributed by atoms with Gasteiger partial charge < -0.3 is 14.6 Å². The highest BCUT2D eigenvalue weighted by Gasteiger charge is 2.35. The molecule has 0 bridgehead atoms. The summed E-state index contributed by atoms with van der Waals surface area (Å²) in [5, 5.41) is 7.45. The number of nitrogens with one attached hydrogen (secondary N) is 1. The van der Waals surface area contributed by atoms with Crippen LogP contribution in [-0.4, -0.2) is 29.6 Å². The Hall–Kier alpha value is -4.10. The number of nitrogens with zero attached hydrogens (tertiary/aromatic N) is 2. The molecular formula is C26H20ClN3O4. The van der Waals surface area contributed by atoms with Crippen molar-refractivity contribution in [2.24, 2.45) is 0 Å². The van der Waals surface area contributed by atoms with E-state index in [0.717, 1.165) is 11.1 Å². The van der Waals surface area contributed by atoms with Crippen LogP contribution in [-0.2, 0) is 11.3 Å². The molecule has 5 rings (SSSR count). The number of anilines is 1. The van der Waals surface area contributed by atoms with Crippen LogP contribution in [0.4, 0.5) is 5.69 Å². The smallest absolute Gasteiger partial charge is 0.280 e. The molecule has 2 amide bonds. The molecule has 1 atom stereocenters. The van der Waals surface area contributed by atoms with Gasteiger partial charge in [0.2, 0.25) is 0 Å². The van der Waals surface area contributed by atoms with Crippen LogP contribution in [0.25, 0.3) is 11.3 Å². The van der Waals surface area contributed by atoms with Gasteiger partial charge in [0.15, 0.2) is 17.6 Å². The quantitative estimate of drug-likeness (QED) is 0.453. The summed E-state index contributed by atoms with van der Waals surface area (Å²) >= 11 is 5.95. The van der Waals surface area contributed by atoms with E-state index < -0.39 is 6.10 Å². The van der Waals surface area contributed by atoms with E-state index in [2.05, 4.69) is 10.5 Å². The number of halogens is 1. The molecule has 1 N–H and O–H groups in total. The molecule has 0 aliphatic carbocycles. The number of aromatic nitrogens is 1. The van der Waals surface area contributed by atoms with E-state index >= 15 is 0 Å². The third-order valence-corrected chi connectivity index (χ3v) is 5.73. The Labute approximate surface area is 200 Å². The fourth-order valence-electron chi connectivity index (χ4n) is 3.73. The van der Waals surface area contributed by atoms with Crippen molar-refractivity contribution in [1.29, 1.82) is 0 Å². The van der Waals surface area contributed by atoms with Crippen molar-refractivity contribution in [1.82, 2.24) is 10.5 Å². The van der Waals surface area contributed by atoms with E-state index in [4.69, 9.17) is 20.9 Å². The van der Waals surface area contributed by atoms with Gasteiger partial charge in [-0.25, -0.2) is 0 Å². The number of fused-ring (bicyclic) bond motifs is 1. The first-order chi connectivity index (χ1) is 16.6. The Balaban J connectivity index is 1.36. The van der Waals surface area contributed by atoms with E-state index in [1.807, 2.05) is 30.3 Å². The van der Waals surface area contributed by atoms with Gasteiger partial charge in [-0.15, -0.1) is 0 Å². The molecular weight excluding hydrogens is 454 g/mol. The minimum Gasteiger partial charge on any atom is -0.477 e. The molecule has 7 nitrogen and oxygen atoms in total.